The van der Waals surface area contributed by atoms with E-state index >= 15 is 0 Å². The molecule has 1 heterocycles. The summed E-state index contributed by atoms with van der Waals surface area (Å²) in [6.45, 7) is 13.5. The quantitative estimate of drug-likeness (QED) is 0.168. The molecular weight excluding hydrogens is 467 g/mol. The highest BCUT2D eigenvalue weighted by Crippen LogP contribution is 2.46. The van der Waals surface area contributed by atoms with Gasteiger partial charge in [0.1, 0.15) is 12.2 Å². The Morgan fingerprint density at radius 1 is 0.941 bits per heavy atom. The Balaban J connectivity index is 3.21. The van der Waals surface area contributed by atoms with Crippen LogP contribution in [0.1, 0.15) is 61.8 Å². The molecule has 0 bridgehead atoms. The van der Waals surface area contributed by atoms with Gasteiger partial charge in [-0.25, -0.2) is 4.67 Å². The smallest absolute Gasteiger partial charge is 0.304 e. The van der Waals surface area contributed by atoms with Crippen LogP contribution in [0.4, 0.5) is 0 Å². The molecule has 0 saturated carbocycles. The van der Waals surface area contributed by atoms with E-state index in [9.17, 15) is 14.4 Å². The molecule has 34 heavy (non-hydrogen) atoms. The summed E-state index contributed by atoms with van der Waals surface area (Å²) >= 11 is 0. The molecule has 0 spiro atoms. The van der Waals surface area contributed by atoms with Crippen molar-refractivity contribution in [3.05, 3.63) is 0 Å². The normalized spacial score (nSPS) is 25.6. The number of nitrogens with zero attached hydrogens (tertiary/aromatic N) is 2. The molecule has 1 aliphatic heterocycles. The molecule has 11 nitrogen and oxygen atoms in total. The fourth-order valence-electron chi connectivity index (χ4n) is 3.62. The largest absolute Gasteiger partial charge is 0.458 e. The minimum absolute atomic E-state index is 0.0762. The average molecular weight is 505 g/mol. The van der Waals surface area contributed by atoms with E-state index in [0.29, 0.717) is 0 Å². The molecule has 12 heteroatoms. The van der Waals surface area contributed by atoms with Crippen molar-refractivity contribution in [1.82, 2.24) is 4.67 Å². The third-order valence-corrected chi connectivity index (χ3v) is 6.92. The first-order valence-corrected chi connectivity index (χ1v) is 12.4. The van der Waals surface area contributed by atoms with Gasteiger partial charge in [-0.2, -0.15) is 5.26 Å². The number of esters is 3. The molecule has 1 aliphatic rings. The van der Waals surface area contributed by atoms with Crippen LogP contribution in [-0.4, -0.2) is 72.5 Å². The molecule has 0 amide bonds. The Kier molecular flexibility index (Phi) is 12.9. The van der Waals surface area contributed by atoms with E-state index in [1.165, 1.54) is 20.8 Å². The van der Waals surface area contributed by atoms with Gasteiger partial charge in [0.25, 0.3) is 8.53 Å². The molecule has 0 aromatic rings. The minimum atomic E-state index is -1.61. The van der Waals surface area contributed by atoms with Crippen LogP contribution in [0.25, 0.3) is 0 Å². The molecule has 0 N–H and O–H groups in total. The van der Waals surface area contributed by atoms with E-state index in [-0.39, 0.29) is 31.7 Å². The predicted molar refractivity (Wildman–Crippen MR) is 122 cm³/mol. The molecule has 1 rings (SSSR count). The summed E-state index contributed by atoms with van der Waals surface area (Å²) in [4.78, 5) is 35.3. The second-order valence-corrected chi connectivity index (χ2v) is 9.96. The zero-order valence-corrected chi connectivity index (χ0v) is 22.1. The van der Waals surface area contributed by atoms with Crippen molar-refractivity contribution in [3.63, 3.8) is 0 Å². The van der Waals surface area contributed by atoms with Gasteiger partial charge >= 0.3 is 17.9 Å². The topological polar surface area (TPSA) is 134 Å². The van der Waals surface area contributed by atoms with Crippen molar-refractivity contribution in [3.8, 4) is 6.07 Å². The maximum atomic E-state index is 11.9. The molecule has 6 unspecified atom stereocenters. The van der Waals surface area contributed by atoms with Crippen LogP contribution in [0, 0.1) is 17.2 Å². The molecule has 0 radical (unpaired) electrons. The highest BCUT2D eigenvalue weighted by atomic mass is 31.2. The van der Waals surface area contributed by atoms with Crippen molar-refractivity contribution in [1.29, 1.82) is 5.26 Å². The van der Waals surface area contributed by atoms with Gasteiger partial charge in [-0.3, -0.25) is 14.4 Å². The number of carbonyl (C=O) groups is 3. The van der Waals surface area contributed by atoms with Crippen LogP contribution in [-0.2, 0) is 42.4 Å². The van der Waals surface area contributed by atoms with Crippen LogP contribution >= 0.6 is 8.53 Å². The van der Waals surface area contributed by atoms with E-state index in [1.807, 2.05) is 38.4 Å². The van der Waals surface area contributed by atoms with Crippen LogP contribution in [0.5, 0.6) is 0 Å². The highest BCUT2D eigenvalue weighted by molar-refractivity contribution is 7.44. The van der Waals surface area contributed by atoms with Crippen molar-refractivity contribution in [2.24, 2.45) is 5.92 Å². The third kappa shape index (κ3) is 9.43. The number of ether oxygens (including phenoxy) is 4. The minimum Gasteiger partial charge on any atom is -0.458 e. The van der Waals surface area contributed by atoms with Gasteiger partial charge in [-0.15, -0.1) is 0 Å². The Labute approximate surface area is 202 Å². The fourth-order valence-corrected chi connectivity index (χ4v) is 5.24. The van der Waals surface area contributed by atoms with Gasteiger partial charge in [-0.1, -0.05) is 6.92 Å². The first kappa shape index (κ1) is 30.2. The molecule has 194 valence electrons. The van der Waals surface area contributed by atoms with Crippen molar-refractivity contribution < 1.29 is 42.4 Å². The van der Waals surface area contributed by atoms with E-state index in [1.54, 1.807) is 6.92 Å². The fraction of sp³-hybridized carbons (Fsp3) is 0.818. The molecular formula is C22H37N2O9P. The number of nitriles is 1. The van der Waals surface area contributed by atoms with Gasteiger partial charge in [0.05, 0.1) is 31.6 Å². The standard InChI is InChI=1S/C22H37N2O9P/c1-13(2)24(14(3)4)34(28-11-9-10-23)29-12-19-21(31-17(7)26)20(30-16(6)25)15(5)22(33-19)32-18(8)27/h13-15,19-22H,9,11-12H2,1-8H3. The van der Waals surface area contributed by atoms with Gasteiger partial charge in [-0.05, 0) is 27.7 Å². The van der Waals surface area contributed by atoms with Gasteiger partial charge < -0.3 is 28.0 Å². The Hall–Kier alpha value is -1.83. The number of hydrogen-bond acceptors (Lipinski definition) is 11. The van der Waals surface area contributed by atoms with Crippen molar-refractivity contribution in [2.45, 2.75) is 98.5 Å². The van der Waals surface area contributed by atoms with Crippen molar-refractivity contribution >= 4 is 26.4 Å². The Morgan fingerprint density at radius 2 is 1.47 bits per heavy atom. The van der Waals surface area contributed by atoms with E-state index in [0.717, 1.165) is 0 Å². The SMILES string of the molecule is CC(=O)OC1OC(COP(OCCC#N)N(C(C)C)C(C)C)C(OC(C)=O)C(OC(C)=O)C1C. The van der Waals surface area contributed by atoms with Gasteiger partial charge in [0.2, 0.25) is 6.29 Å². The molecule has 0 aromatic heterocycles. The lowest BCUT2D eigenvalue weighted by Gasteiger charge is -2.44. The first-order chi connectivity index (χ1) is 15.9. The average Bonchev–Trinajstić information content (AvgIpc) is 2.70. The summed E-state index contributed by atoms with van der Waals surface area (Å²) in [6.07, 6.45) is -3.68. The van der Waals surface area contributed by atoms with Crippen LogP contribution in [0.2, 0.25) is 0 Å². The first-order valence-electron chi connectivity index (χ1n) is 11.3. The second-order valence-electron chi connectivity index (χ2n) is 8.50. The van der Waals surface area contributed by atoms with Crippen LogP contribution in [0.15, 0.2) is 0 Å². The molecule has 1 fully saturated rings. The summed E-state index contributed by atoms with van der Waals surface area (Å²) in [5.74, 6) is -2.35. The molecule has 6 atom stereocenters. The van der Waals surface area contributed by atoms with E-state index < -0.39 is 57.0 Å². The third-order valence-electron chi connectivity index (χ3n) is 4.84. The number of hydrogen-bond donors (Lipinski definition) is 0. The molecule has 0 aromatic carbocycles. The molecule has 1 saturated heterocycles. The predicted octanol–water partition coefficient (Wildman–Crippen LogP) is 3.07. The monoisotopic (exact) mass is 504 g/mol. The number of carbonyl (C=O) groups excluding carboxylic acids is 3. The highest BCUT2D eigenvalue weighted by Gasteiger charge is 2.49. The molecule has 0 aliphatic carbocycles. The van der Waals surface area contributed by atoms with Crippen LogP contribution in [0.3, 0.4) is 0 Å². The summed E-state index contributed by atoms with van der Waals surface area (Å²) in [7, 11) is -1.61. The zero-order chi connectivity index (χ0) is 26.0. The lowest BCUT2D eigenvalue weighted by atomic mass is 9.92. The number of rotatable bonds is 12. The van der Waals surface area contributed by atoms with Gasteiger partial charge in [0.15, 0.2) is 6.10 Å². The van der Waals surface area contributed by atoms with Crippen molar-refractivity contribution in [2.75, 3.05) is 13.2 Å². The van der Waals surface area contributed by atoms with Crippen LogP contribution < -0.4 is 0 Å². The zero-order valence-electron chi connectivity index (χ0n) is 21.2. The maximum Gasteiger partial charge on any atom is 0.304 e. The summed E-state index contributed by atoms with van der Waals surface area (Å²) in [5, 5.41) is 8.89. The van der Waals surface area contributed by atoms with Gasteiger partial charge in [0, 0.05) is 32.9 Å². The van der Waals surface area contributed by atoms with E-state index in [2.05, 4.69) is 0 Å². The second kappa shape index (κ2) is 14.5. The lowest BCUT2D eigenvalue weighted by molar-refractivity contribution is -0.279. The maximum absolute atomic E-state index is 11.9. The Morgan fingerprint density at radius 3 is 1.94 bits per heavy atom. The summed E-state index contributed by atoms with van der Waals surface area (Å²) in [5.41, 5.74) is 0. The van der Waals surface area contributed by atoms with E-state index in [4.69, 9.17) is 33.3 Å². The lowest BCUT2D eigenvalue weighted by Crippen LogP contribution is -2.58. The summed E-state index contributed by atoms with van der Waals surface area (Å²) in [6, 6.07) is 2.19. The Bertz CT molecular complexity index is 720. The summed E-state index contributed by atoms with van der Waals surface area (Å²) < 4.78 is 36.2.